The number of sulfonamides is 1. The number of hydrogen-bond acceptors (Lipinski definition) is 4. The standard InChI is InChI=1S/C12H21N3O4S/c1-4-6-15-9-10(8-11(15)12(16)17)20(18,19)13-5-7-14(2)3/h8-9,13H,4-7H2,1-3H3,(H,16,17). The number of nitrogens with one attached hydrogen (secondary N) is 1. The number of carbonyl (C=O) groups is 1. The van der Waals surface area contributed by atoms with Crippen LogP contribution < -0.4 is 4.72 Å². The summed E-state index contributed by atoms with van der Waals surface area (Å²) in [5, 5.41) is 9.08. The number of aromatic nitrogens is 1. The minimum absolute atomic E-state index is 0.0119. The highest BCUT2D eigenvalue weighted by Gasteiger charge is 2.20. The summed E-state index contributed by atoms with van der Waals surface area (Å²) in [6.45, 7) is 3.21. The van der Waals surface area contributed by atoms with Crippen molar-refractivity contribution in [3.05, 3.63) is 18.0 Å². The summed E-state index contributed by atoms with van der Waals surface area (Å²) in [4.78, 5) is 12.9. The molecule has 2 N–H and O–H groups in total. The number of carboxylic acid groups (broad SMARTS) is 1. The molecule has 0 aliphatic heterocycles. The Bertz CT molecular complexity index is 563. The van der Waals surface area contributed by atoms with Crippen molar-refractivity contribution in [2.45, 2.75) is 24.8 Å². The molecule has 0 fully saturated rings. The highest BCUT2D eigenvalue weighted by molar-refractivity contribution is 7.89. The van der Waals surface area contributed by atoms with Gasteiger partial charge in [-0.25, -0.2) is 17.9 Å². The number of hydrogen-bond donors (Lipinski definition) is 2. The first-order valence-corrected chi connectivity index (χ1v) is 7.84. The van der Waals surface area contributed by atoms with Gasteiger partial charge in [0.05, 0.1) is 0 Å². The first kappa shape index (κ1) is 16.7. The Labute approximate surface area is 119 Å². The van der Waals surface area contributed by atoms with Crippen LogP contribution in [0.2, 0.25) is 0 Å². The lowest BCUT2D eigenvalue weighted by Crippen LogP contribution is -2.31. The molecule has 0 aliphatic rings. The third kappa shape index (κ3) is 4.32. The molecule has 7 nitrogen and oxygen atoms in total. The zero-order valence-electron chi connectivity index (χ0n) is 12.0. The smallest absolute Gasteiger partial charge is 0.352 e. The third-order valence-electron chi connectivity index (χ3n) is 2.72. The second-order valence-electron chi connectivity index (χ2n) is 4.76. The van der Waals surface area contributed by atoms with Gasteiger partial charge < -0.3 is 14.6 Å². The van der Waals surface area contributed by atoms with Crippen LogP contribution in [0.15, 0.2) is 17.2 Å². The van der Waals surface area contributed by atoms with Gasteiger partial charge in [0.25, 0.3) is 0 Å². The summed E-state index contributed by atoms with van der Waals surface area (Å²) < 4.78 is 28.0. The Morgan fingerprint density at radius 2 is 2.10 bits per heavy atom. The minimum atomic E-state index is -3.67. The summed E-state index contributed by atoms with van der Waals surface area (Å²) in [6, 6.07) is 1.19. The predicted molar refractivity (Wildman–Crippen MR) is 75.4 cm³/mol. The van der Waals surface area contributed by atoms with Gasteiger partial charge >= 0.3 is 5.97 Å². The van der Waals surface area contributed by atoms with E-state index in [-0.39, 0.29) is 17.1 Å². The van der Waals surface area contributed by atoms with Crippen LogP contribution >= 0.6 is 0 Å². The van der Waals surface area contributed by atoms with Gasteiger partial charge in [-0.15, -0.1) is 0 Å². The van der Waals surface area contributed by atoms with Crippen molar-refractivity contribution < 1.29 is 18.3 Å². The summed E-state index contributed by atoms with van der Waals surface area (Å²) >= 11 is 0. The lowest BCUT2D eigenvalue weighted by Gasteiger charge is -2.10. The van der Waals surface area contributed by atoms with Crippen molar-refractivity contribution in [1.29, 1.82) is 0 Å². The zero-order chi connectivity index (χ0) is 15.3. The van der Waals surface area contributed by atoms with E-state index in [2.05, 4.69) is 4.72 Å². The van der Waals surface area contributed by atoms with Gasteiger partial charge in [-0.1, -0.05) is 6.92 Å². The van der Waals surface area contributed by atoms with E-state index in [1.165, 1.54) is 16.8 Å². The van der Waals surface area contributed by atoms with Crippen LogP contribution in [0, 0.1) is 0 Å². The molecule has 0 spiro atoms. The van der Waals surface area contributed by atoms with E-state index in [1.54, 1.807) is 0 Å². The van der Waals surface area contributed by atoms with Gasteiger partial charge in [-0.05, 0) is 26.6 Å². The number of likely N-dealkylation sites (N-methyl/N-ethyl adjacent to an activating group) is 1. The van der Waals surface area contributed by atoms with Crippen LogP contribution in [0.1, 0.15) is 23.8 Å². The molecule has 0 unspecified atom stereocenters. The van der Waals surface area contributed by atoms with Crippen LogP contribution in [0.5, 0.6) is 0 Å². The van der Waals surface area contributed by atoms with E-state index in [4.69, 9.17) is 5.11 Å². The van der Waals surface area contributed by atoms with Crippen LogP contribution in [0.25, 0.3) is 0 Å². The van der Waals surface area contributed by atoms with Crippen LogP contribution in [-0.2, 0) is 16.6 Å². The van der Waals surface area contributed by atoms with E-state index in [9.17, 15) is 13.2 Å². The molecule has 0 saturated carbocycles. The minimum Gasteiger partial charge on any atom is -0.477 e. The number of carboxylic acids is 1. The maximum Gasteiger partial charge on any atom is 0.352 e. The Hall–Kier alpha value is -1.38. The van der Waals surface area contributed by atoms with Crippen LogP contribution in [-0.4, -0.2) is 56.1 Å². The number of rotatable bonds is 8. The molecular formula is C12H21N3O4S. The summed E-state index contributed by atoms with van der Waals surface area (Å²) in [5.41, 5.74) is -0.0140. The lowest BCUT2D eigenvalue weighted by atomic mass is 10.4. The fourth-order valence-corrected chi connectivity index (χ4v) is 2.78. The molecule has 0 saturated heterocycles. The molecule has 0 aliphatic carbocycles. The van der Waals surface area contributed by atoms with Crippen molar-refractivity contribution in [2.24, 2.45) is 0 Å². The molecule has 114 valence electrons. The molecule has 1 aromatic heterocycles. The molecule has 0 aromatic carbocycles. The van der Waals surface area contributed by atoms with Crippen molar-refractivity contribution in [3.8, 4) is 0 Å². The summed E-state index contributed by atoms with van der Waals surface area (Å²) in [5.74, 6) is -1.13. The molecule has 0 bridgehead atoms. The number of nitrogens with zero attached hydrogens (tertiary/aromatic N) is 2. The van der Waals surface area contributed by atoms with Gasteiger partial charge in [0.2, 0.25) is 10.0 Å². The summed E-state index contributed by atoms with van der Waals surface area (Å²) in [6.07, 6.45) is 2.09. The monoisotopic (exact) mass is 303 g/mol. The second-order valence-corrected chi connectivity index (χ2v) is 6.53. The first-order valence-electron chi connectivity index (χ1n) is 6.35. The average molecular weight is 303 g/mol. The molecule has 8 heteroatoms. The van der Waals surface area contributed by atoms with Gasteiger partial charge in [-0.3, -0.25) is 0 Å². The number of aromatic carboxylic acids is 1. The maximum atomic E-state index is 12.1. The normalized spacial score (nSPS) is 12.0. The van der Waals surface area contributed by atoms with Crippen LogP contribution in [0.3, 0.4) is 0 Å². The SMILES string of the molecule is CCCn1cc(S(=O)(=O)NCCN(C)C)cc1C(=O)O. The van der Waals surface area contributed by atoms with E-state index in [0.717, 1.165) is 6.42 Å². The quantitative estimate of drug-likeness (QED) is 0.727. The van der Waals surface area contributed by atoms with Gasteiger partial charge in [0.15, 0.2) is 0 Å². The van der Waals surface area contributed by atoms with E-state index < -0.39 is 16.0 Å². The lowest BCUT2D eigenvalue weighted by molar-refractivity contribution is 0.0685. The fourth-order valence-electron chi connectivity index (χ4n) is 1.72. The molecule has 0 atom stereocenters. The summed E-state index contributed by atoms with van der Waals surface area (Å²) in [7, 11) is 0.0134. The molecule has 1 aromatic rings. The fraction of sp³-hybridized carbons (Fsp3) is 0.583. The third-order valence-corrected chi connectivity index (χ3v) is 4.14. The Morgan fingerprint density at radius 3 is 2.60 bits per heavy atom. The van der Waals surface area contributed by atoms with Crippen LogP contribution in [0.4, 0.5) is 0 Å². The van der Waals surface area contributed by atoms with E-state index in [0.29, 0.717) is 13.1 Å². The van der Waals surface area contributed by atoms with E-state index in [1.807, 2.05) is 25.9 Å². The molecular weight excluding hydrogens is 282 g/mol. The largest absolute Gasteiger partial charge is 0.477 e. The first-order chi connectivity index (χ1) is 9.27. The topological polar surface area (TPSA) is 91.6 Å². The second kappa shape index (κ2) is 6.87. The van der Waals surface area contributed by atoms with Crippen molar-refractivity contribution in [3.63, 3.8) is 0 Å². The molecule has 0 radical (unpaired) electrons. The predicted octanol–water partition coefficient (Wildman–Crippen LogP) is 0.436. The Kier molecular flexibility index (Phi) is 5.73. The Balaban J connectivity index is 2.95. The number of aryl methyl sites for hydroxylation is 1. The highest BCUT2D eigenvalue weighted by atomic mass is 32.2. The highest BCUT2D eigenvalue weighted by Crippen LogP contribution is 2.15. The zero-order valence-corrected chi connectivity index (χ0v) is 12.8. The van der Waals surface area contributed by atoms with E-state index >= 15 is 0 Å². The van der Waals surface area contributed by atoms with Gasteiger partial charge in [0, 0.05) is 25.8 Å². The molecule has 1 heterocycles. The van der Waals surface area contributed by atoms with Gasteiger partial charge in [-0.2, -0.15) is 0 Å². The average Bonchev–Trinajstić information content (AvgIpc) is 2.73. The molecule has 0 amide bonds. The maximum absolute atomic E-state index is 12.1. The van der Waals surface area contributed by atoms with Crippen molar-refractivity contribution >= 4 is 16.0 Å². The molecule has 1 rings (SSSR count). The van der Waals surface area contributed by atoms with Crippen molar-refractivity contribution in [1.82, 2.24) is 14.2 Å². The Morgan fingerprint density at radius 1 is 1.45 bits per heavy atom. The van der Waals surface area contributed by atoms with Gasteiger partial charge in [0.1, 0.15) is 10.6 Å². The van der Waals surface area contributed by atoms with Crippen molar-refractivity contribution in [2.75, 3.05) is 27.2 Å². The molecule has 20 heavy (non-hydrogen) atoms.